The number of anilines is 5. The summed E-state index contributed by atoms with van der Waals surface area (Å²) in [6, 6.07) is 71.7. The summed E-state index contributed by atoms with van der Waals surface area (Å²) in [7, 11) is 0. The van der Waals surface area contributed by atoms with E-state index in [9.17, 15) is 0 Å². The highest BCUT2D eigenvalue weighted by atomic mass is 16.3. The Balaban J connectivity index is 0.959. The van der Waals surface area contributed by atoms with Gasteiger partial charge in [-0.15, -0.1) is 0 Å². The first kappa shape index (κ1) is 46.8. The highest BCUT2D eigenvalue weighted by Gasteiger charge is 2.35. The van der Waals surface area contributed by atoms with Gasteiger partial charge in [0.25, 0.3) is 0 Å². The molecular weight excluding hydrogens is 1040 g/mol. The smallest absolute Gasteiger partial charge is 0.160 e. The van der Waals surface area contributed by atoms with Crippen molar-refractivity contribution in [2.45, 2.75) is 38.5 Å². The van der Waals surface area contributed by atoms with Crippen LogP contribution in [0.3, 0.4) is 0 Å². The molecule has 402 valence electrons. The molecule has 19 rings (SSSR count). The van der Waals surface area contributed by atoms with Gasteiger partial charge < -0.3 is 31.9 Å². The van der Waals surface area contributed by atoms with Crippen LogP contribution in [-0.2, 0) is 12.8 Å². The molecule has 7 nitrogen and oxygen atoms in total. The van der Waals surface area contributed by atoms with Crippen LogP contribution in [0.5, 0.6) is 0 Å². The lowest BCUT2D eigenvalue weighted by molar-refractivity contribution is 0.548. The molecule has 0 N–H and O–H groups in total. The van der Waals surface area contributed by atoms with Crippen molar-refractivity contribution in [1.29, 1.82) is 0 Å². The van der Waals surface area contributed by atoms with Crippen LogP contribution < -0.4 is 15.0 Å². The second-order valence-electron chi connectivity index (χ2n) is 23.0. The summed E-state index contributed by atoms with van der Waals surface area (Å²) in [6.07, 6.45) is 19.0. The topological polar surface area (TPSA) is 63.5 Å². The zero-order valence-corrected chi connectivity index (χ0v) is 46.2. The van der Waals surface area contributed by atoms with Crippen molar-refractivity contribution in [2.24, 2.45) is 0 Å². The predicted octanol–water partition coefficient (Wildman–Crippen LogP) is 21.3. The number of fused-ring (bicyclic) bond motifs is 20. The van der Waals surface area contributed by atoms with E-state index in [4.69, 9.17) is 17.7 Å². The first-order valence-corrected chi connectivity index (χ1v) is 29.7. The minimum atomic E-state index is 0.820. The molecule has 3 aliphatic carbocycles. The number of aryl methyl sites for hydroxylation is 2. The molecule has 10 aromatic carbocycles. The van der Waals surface area contributed by atoms with E-state index < -0.39 is 0 Å². The van der Waals surface area contributed by atoms with E-state index in [1.54, 1.807) is 0 Å². The molecule has 0 saturated carbocycles. The van der Waals surface area contributed by atoms with Crippen molar-refractivity contribution in [3.63, 3.8) is 0 Å². The Hall–Kier alpha value is -10.8. The molecule has 0 unspecified atom stereocenters. The van der Waals surface area contributed by atoms with Crippen molar-refractivity contribution in [3.05, 3.63) is 252 Å². The summed E-state index contributed by atoms with van der Waals surface area (Å²) < 4.78 is 31.9. The minimum Gasteiger partial charge on any atom is -0.458 e. The number of furan rings is 4. The van der Waals surface area contributed by atoms with Crippen molar-refractivity contribution in [1.82, 2.24) is 4.40 Å². The van der Waals surface area contributed by atoms with E-state index in [0.29, 0.717) is 0 Å². The maximum atomic E-state index is 7.40. The van der Waals surface area contributed by atoms with Gasteiger partial charge >= 0.3 is 0 Å². The molecular formula is C78H51N3O4. The maximum Gasteiger partial charge on any atom is 0.160 e. The largest absolute Gasteiger partial charge is 0.458 e. The molecule has 0 aliphatic heterocycles. The first-order valence-electron chi connectivity index (χ1n) is 29.7. The number of para-hydroxylation sites is 6. The number of aromatic nitrogens is 1. The van der Waals surface area contributed by atoms with E-state index in [0.717, 1.165) is 199 Å². The van der Waals surface area contributed by atoms with Gasteiger partial charge in [0.2, 0.25) is 0 Å². The molecule has 6 aromatic heterocycles. The Morgan fingerprint density at radius 1 is 0.388 bits per heavy atom. The van der Waals surface area contributed by atoms with Crippen molar-refractivity contribution in [2.75, 3.05) is 9.80 Å². The molecule has 0 atom stereocenters. The van der Waals surface area contributed by atoms with Gasteiger partial charge in [-0.2, -0.15) is 0 Å². The summed E-state index contributed by atoms with van der Waals surface area (Å²) in [5, 5.41) is 11.0. The normalized spacial score (nSPS) is 14.1. The van der Waals surface area contributed by atoms with E-state index >= 15 is 0 Å². The third-order valence-electron chi connectivity index (χ3n) is 18.5. The summed E-state index contributed by atoms with van der Waals surface area (Å²) in [5.41, 5.74) is 22.3. The van der Waals surface area contributed by atoms with Gasteiger partial charge in [-0.3, -0.25) is 0 Å². The van der Waals surface area contributed by atoms with Crippen LogP contribution in [0.1, 0.15) is 42.6 Å². The second-order valence-corrected chi connectivity index (χ2v) is 23.0. The van der Waals surface area contributed by atoms with E-state index in [-0.39, 0.29) is 0 Å². The first-order chi connectivity index (χ1) is 42.2. The molecule has 16 aromatic rings. The minimum absolute atomic E-state index is 0.820. The summed E-state index contributed by atoms with van der Waals surface area (Å²) in [5.74, 6) is 1.01. The summed E-state index contributed by atoms with van der Waals surface area (Å²) in [4.78, 5) is 4.98. The average molecular weight is 1090 g/mol. The third kappa shape index (κ3) is 6.60. The number of allylic oxidation sites excluding steroid dienone is 5. The van der Waals surface area contributed by atoms with Gasteiger partial charge in [-0.05, 0) is 97.3 Å². The van der Waals surface area contributed by atoms with Crippen LogP contribution in [0.25, 0.3) is 139 Å². The van der Waals surface area contributed by atoms with Crippen LogP contribution in [0.4, 0.5) is 28.4 Å². The predicted molar refractivity (Wildman–Crippen MR) is 350 cm³/mol. The lowest BCUT2D eigenvalue weighted by Gasteiger charge is -2.30. The Kier molecular flexibility index (Phi) is 9.84. The lowest BCUT2D eigenvalue weighted by atomic mass is 9.95. The molecule has 6 heterocycles. The van der Waals surface area contributed by atoms with Crippen LogP contribution in [0, 0.1) is 0 Å². The van der Waals surface area contributed by atoms with Crippen LogP contribution in [-0.4, -0.2) is 4.40 Å². The monoisotopic (exact) mass is 1090 g/mol. The Morgan fingerprint density at radius 3 is 1.66 bits per heavy atom. The highest BCUT2D eigenvalue weighted by molar-refractivity contribution is 6.27. The number of nitrogens with zero attached hydrogens (tertiary/aromatic N) is 3. The van der Waals surface area contributed by atoms with Crippen molar-refractivity contribution in [3.8, 4) is 22.3 Å². The molecule has 3 aliphatic rings. The number of rotatable bonds is 8. The van der Waals surface area contributed by atoms with Crippen molar-refractivity contribution >= 4 is 145 Å². The SMILES string of the molecule is C1=CCCC(N(c2cccc3c2oc2c(-c4ccccc4)cccc23)c2cc3c4ccccc4oc3c3c2c2c4c(c5c(N(c6ccccc6)c6cccc7c6oc6c(-c8ccccc8)cccc67)cc6c7c(oc6c5n43)CCC=C7)CCC=2)=C1. The van der Waals surface area contributed by atoms with Crippen LogP contribution in [0.15, 0.2) is 248 Å². The maximum absolute atomic E-state index is 7.40. The second kappa shape index (κ2) is 17.9. The fourth-order valence-electron chi connectivity index (χ4n) is 14.9. The zero-order valence-electron chi connectivity index (χ0n) is 46.2. The summed E-state index contributed by atoms with van der Waals surface area (Å²) in [6.45, 7) is 0. The lowest BCUT2D eigenvalue weighted by Crippen LogP contribution is -2.19. The molecule has 7 heteroatoms. The fraction of sp³-hybridized carbons (Fsp3) is 0.0769. The summed E-state index contributed by atoms with van der Waals surface area (Å²) >= 11 is 0. The van der Waals surface area contributed by atoms with E-state index in [2.05, 4.69) is 251 Å². The Labute approximate surface area is 487 Å². The van der Waals surface area contributed by atoms with E-state index in [1.165, 1.54) is 22.0 Å². The number of hydrogen-bond acceptors (Lipinski definition) is 6. The van der Waals surface area contributed by atoms with Gasteiger partial charge in [0, 0.05) is 88.2 Å². The molecule has 0 radical (unpaired) electrons. The van der Waals surface area contributed by atoms with Crippen molar-refractivity contribution < 1.29 is 17.7 Å². The molecule has 0 fully saturated rings. The zero-order chi connectivity index (χ0) is 55.4. The van der Waals surface area contributed by atoms with Crippen LogP contribution >= 0.6 is 0 Å². The van der Waals surface area contributed by atoms with Gasteiger partial charge in [-0.25, -0.2) is 0 Å². The fourth-order valence-corrected chi connectivity index (χ4v) is 14.9. The molecule has 0 spiro atoms. The Bertz CT molecular complexity index is 5670. The molecule has 85 heavy (non-hydrogen) atoms. The van der Waals surface area contributed by atoms with Crippen LogP contribution in [0.2, 0.25) is 0 Å². The Morgan fingerprint density at radius 2 is 0.965 bits per heavy atom. The molecule has 0 saturated heterocycles. The standard InChI is InChI=1S/C78H51N3O4/c1-5-22-46(23-6-1)50-32-17-34-54-56-36-20-40-62(75(56)84-73(50)54)79(48-26-9-3-10-27-48)64-44-60-52-30-13-15-42-66(52)82-77(60)71-68(64)58-38-19-39-59-69-65(45-61-53-31-14-16-43-67(53)83-78(61)72(69)81(71)70(58)59)80(49-28-11-4-12-29-49)63-41-21-37-57-55-35-18-33-51(74(55)85-76(57)63)47-24-7-2-8-25-47/h1-11,13-14,16-18,20-28,30-37,39-41,43-45H,12,15,19,29,38,42H2. The van der Waals surface area contributed by atoms with Gasteiger partial charge in [-0.1, -0.05) is 188 Å². The highest BCUT2D eigenvalue weighted by Crippen LogP contribution is 2.54. The number of hydrogen-bond donors (Lipinski definition) is 0. The molecule has 0 bridgehead atoms. The quantitative estimate of drug-likeness (QED) is 0.151. The number of benzene rings is 10. The van der Waals surface area contributed by atoms with Gasteiger partial charge in [0.1, 0.15) is 28.0 Å². The third-order valence-corrected chi connectivity index (χ3v) is 18.5. The van der Waals surface area contributed by atoms with Gasteiger partial charge in [0.15, 0.2) is 22.3 Å². The molecule has 0 amide bonds. The van der Waals surface area contributed by atoms with E-state index in [1.807, 2.05) is 0 Å². The van der Waals surface area contributed by atoms with Gasteiger partial charge in [0.05, 0.1) is 33.8 Å². The average Bonchev–Trinajstić information content (AvgIpc) is 1.59.